The topological polar surface area (TPSA) is 72.2 Å². The van der Waals surface area contributed by atoms with E-state index in [0.717, 1.165) is 0 Å². The third kappa shape index (κ3) is 3.36. The van der Waals surface area contributed by atoms with E-state index in [4.69, 9.17) is 5.73 Å². The van der Waals surface area contributed by atoms with Gasteiger partial charge in [0, 0.05) is 6.54 Å². The van der Waals surface area contributed by atoms with Crippen molar-refractivity contribution in [2.45, 2.75) is 12.2 Å². The highest BCUT2D eigenvalue weighted by Crippen LogP contribution is 1.92. The minimum atomic E-state index is -3.12. The van der Waals surface area contributed by atoms with Crippen LogP contribution in [-0.4, -0.2) is 27.3 Å². The zero-order valence-corrected chi connectivity index (χ0v) is 7.63. The SMILES string of the molecule is CNS(=O)(=O)[C@H](C)CN.Cl. The van der Waals surface area contributed by atoms with E-state index in [0.29, 0.717) is 0 Å². The van der Waals surface area contributed by atoms with Crippen molar-refractivity contribution in [3.63, 3.8) is 0 Å². The van der Waals surface area contributed by atoms with Gasteiger partial charge in [-0.15, -0.1) is 12.4 Å². The molecule has 1 atom stereocenters. The van der Waals surface area contributed by atoms with Crippen LogP contribution in [0, 0.1) is 0 Å². The van der Waals surface area contributed by atoms with E-state index >= 15 is 0 Å². The van der Waals surface area contributed by atoms with Crippen LogP contribution in [0.15, 0.2) is 0 Å². The fourth-order valence-electron chi connectivity index (χ4n) is 0.328. The molecule has 4 nitrogen and oxygen atoms in total. The molecule has 0 amide bonds. The van der Waals surface area contributed by atoms with Crippen LogP contribution in [0.1, 0.15) is 6.92 Å². The first-order chi connectivity index (χ1) is 4.04. The molecule has 3 N–H and O–H groups in total. The van der Waals surface area contributed by atoms with Crippen molar-refractivity contribution in [3.05, 3.63) is 0 Å². The first-order valence-electron chi connectivity index (χ1n) is 2.67. The molecule has 10 heavy (non-hydrogen) atoms. The Hall–Kier alpha value is 0.160. The Balaban J connectivity index is 0. The quantitative estimate of drug-likeness (QED) is 0.616. The summed E-state index contributed by atoms with van der Waals surface area (Å²) in [6.45, 7) is 1.72. The van der Waals surface area contributed by atoms with Gasteiger partial charge in [-0.2, -0.15) is 0 Å². The van der Waals surface area contributed by atoms with E-state index in [1.165, 1.54) is 7.05 Å². The first kappa shape index (κ1) is 12.8. The Morgan fingerprint density at radius 2 is 2.00 bits per heavy atom. The number of sulfonamides is 1. The number of nitrogens with two attached hydrogens (primary N) is 1. The minimum absolute atomic E-state index is 0. The third-order valence-corrected chi connectivity index (χ3v) is 2.97. The summed E-state index contributed by atoms with van der Waals surface area (Å²) in [6.07, 6.45) is 0. The Morgan fingerprint density at radius 3 is 2.10 bits per heavy atom. The second-order valence-corrected chi connectivity index (χ2v) is 4.10. The van der Waals surface area contributed by atoms with E-state index in [-0.39, 0.29) is 19.0 Å². The molecular formula is C4H13ClN2O2S. The summed E-state index contributed by atoms with van der Waals surface area (Å²) in [4.78, 5) is 0. The van der Waals surface area contributed by atoms with E-state index in [1.807, 2.05) is 0 Å². The second-order valence-electron chi connectivity index (χ2n) is 1.80. The van der Waals surface area contributed by atoms with Crippen molar-refractivity contribution in [2.24, 2.45) is 5.73 Å². The molecule has 0 saturated carbocycles. The normalized spacial score (nSPS) is 13.9. The summed E-state index contributed by atoms with van der Waals surface area (Å²) in [7, 11) is -1.75. The van der Waals surface area contributed by atoms with Crippen molar-refractivity contribution in [3.8, 4) is 0 Å². The lowest BCUT2D eigenvalue weighted by Gasteiger charge is -2.07. The molecule has 0 fully saturated rings. The van der Waals surface area contributed by atoms with Gasteiger partial charge >= 0.3 is 0 Å². The van der Waals surface area contributed by atoms with Gasteiger partial charge in [0.05, 0.1) is 5.25 Å². The highest BCUT2D eigenvalue weighted by molar-refractivity contribution is 7.90. The third-order valence-electron chi connectivity index (χ3n) is 1.15. The van der Waals surface area contributed by atoms with Crippen molar-refractivity contribution in [2.75, 3.05) is 13.6 Å². The maximum Gasteiger partial charge on any atom is 0.215 e. The molecule has 0 rings (SSSR count). The number of nitrogens with one attached hydrogen (secondary N) is 1. The van der Waals surface area contributed by atoms with Crippen LogP contribution in [0.25, 0.3) is 0 Å². The van der Waals surface area contributed by atoms with Gasteiger partial charge in [0.1, 0.15) is 0 Å². The van der Waals surface area contributed by atoms with E-state index < -0.39 is 15.3 Å². The molecule has 0 spiro atoms. The number of rotatable bonds is 3. The largest absolute Gasteiger partial charge is 0.329 e. The van der Waals surface area contributed by atoms with Crippen LogP contribution < -0.4 is 10.5 Å². The number of hydrogen-bond acceptors (Lipinski definition) is 3. The molecule has 0 aliphatic heterocycles. The molecule has 0 aromatic rings. The summed E-state index contributed by atoms with van der Waals surface area (Å²) in [5.41, 5.74) is 5.11. The van der Waals surface area contributed by atoms with Crippen LogP contribution >= 0.6 is 12.4 Å². The lowest BCUT2D eigenvalue weighted by molar-refractivity contribution is 0.576. The highest BCUT2D eigenvalue weighted by Gasteiger charge is 2.15. The molecule has 6 heteroatoms. The number of halogens is 1. The summed E-state index contributed by atoms with van der Waals surface area (Å²) in [5, 5.41) is -0.498. The molecule has 0 heterocycles. The molecule has 0 aromatic heterocycles. The van der Waals surface area contributed by atoms with Gasteiger partial charge in [0.2, 0.25) is 10.0 Å². The van der Waals surface area contributed by atoms with Gasteiger partial charge in [-0.3, -0.25) is 0 Å². The molecule has 0 unspecified atom stereocenters. The second kappa shape index (κ2) is 4.90. The number of hydrogen-bond donors (Lipinski definition) is 2. The van der Waals surface area contributed by atoms with Gasteiger partial charge in [0.15, 0.2) is 0 Å². The van der Waals surface area contributed by atoms with Crippen LogP contribution in [0.4, 0.5) is 0 Å². The fourth-order valence-corrected chi connectivity index (χ4v) is 0.984. The van der Waals surface area contributed by atoms with Crippen molar-refractivity contribution < 1.29 is 8.42 Å². The predicted octanol–water partition coefficient (Wildman–Crippen LogP) is -0.695. The Kier molecular flexibility index (Phi) is 6.27. The van der Waals surface area contributed by atoms with Crippen LogP contribution in [0.5, 0.6) is 0 Å². The lowest BCUT2D eigenvalue weighted by atomic mass is 10.5. The predicted molar refractivity (Wildman–Crippen MR) is 43.7 cm³/mol. The van der Waals surface area contributed by atoms with Crippen LogP contribution in [0.2, 0.25) is 0 Å². The standard InChI is InChI=1S/C4H12N2O2S.ClH/c1-4(3-5)9(7,8)6-2;/h4,6H,3,5H2,1-2H3;1H/t4-;/m1./s1. The minimum Gasteiger partial charge on any atom is -0.329 e. The average Bonchev–Trinajstić information content (AvgIpc) is 1.86. The van der Waals surface area contributed by atoms with Crippen molar-refractivity contribution in [1.82, 2.24) is 4.72 Å². The maximum atomic E-state index is 10.7. The Morgan fingerprint density at radius 1 is 1.60 bits per heavy atom. The van der Waals surface area contributed by atoms with E-state index in [2.05, 4.69) is 4.72 Å². The zero-order chi connectivity index (χ0) is 7.49. The van der Waals surface area contributed by atoms with Crippen molar-refractivity contribution >= 4 is 22.4 Å². The summed E-state index contributed by atoms with van der Waals surface area (Å²) in [6, 6.07) is 0. The van der Waals surface area contributed by atoms with Gasteiger partial charge in [0.25, 0.3) is 0 Å². The molecule has 64 valence electrons. The van der Waals surface area contributed by atoms with Crippen molar-refractivity contribution in [1.29, 1.82) is 0 Å². The van der Waals surface area contributed by atoms with Gasteiger partial charge < -0.3 is 5.73 Å². The Labute approximate surface area is 67.6 Å². The van der Waals surface area contributed by atoms with Gasteiger partial charge in [-0.25, -0.2) is 13.1 Å². The monoisotopic (exact) mass is 188 g/mol. The molecule has 0 saturated heterocycles. The summed E-state index contributed by atoms with van der Waals surface area (Å²) < 4.78 is 23.7. The molecule has 0 aliphatic carbocycles. The average molecular weight is 189 g/mol. The lowest BCUT2D eigenvalue weighted by Crippen LogP contribution is -2.34. The molecule has 0 aliphatic rings. The molecule has 0 radical (unpaired) electrons. The van der Waals surface area contributed by atoms with Crippen LogP contribution in [0.3, 0.4) is 0 Å². The van der Waals surface area contributed by atoms with Gasteiger partial charge in [-0.05, 0) is 14.0 Å². The smallest absolute Gasteiger partial charge is 0.215 e. The van der Waals surface area contributed by atoms with Gasteiger partial charge in [-0.1, -0.05) is 0 Å². The van der Waals surface area contributed by atoms with E-state index in [9.17, 15) is 8.42 Å². The first-order valence-corrected chi connectivity index (χ1v) is 4.21. The Bertz CT molecular complexity index is 168. The maximum absolute atomic E-state index is 10.7. The van der Waals surface area contributed by atoms with Crippen LogP contribution in [-0.2, 0) is 10.0 Å². The summed E-state index contributed by atoms with van der Waals surface area (Å²) >= 11 is 0. The fraction of sp³-hybridized carbons (Fsp3) is 1.00. The summed E-state index contributed by atoms with van der Waals surface area (Å²) in [5.74, 6) is 0. The molecule has 0 aromatic carbocycles. The molecule has 0 bridgehead atoms. The van der Waals surface area contributed by atoms with E-state index in [1.54, 1.807) is 6.92 Å². The highest BCUT2D eigenvalue weighted by atomic mass is 35.5. The zero-order valence-electron chi connectivity index (χ0n) is 5.99. The molecular weight excluding hydrogens is 176 g/mol.